The Labute approximate surface area is 335 Å². The van der Waals surface area contributed by atoms with Crippen LogP contribution >= 0.6 is 0 Å². The highest BCUT2D eigenvalue weighted by molar-refractivity contribution is 6.24. The van der Waals surface area contributed by atoms with Gasteiger partial charge in [-0.15, -0.1) is 0 Å². The van der Waals surface area contributed by atoms with Crippen molar-refractivity contribution in [2.24, 2.45) is 0 Å². The second kappa shape index (κ2) is 12.9. The van der Waals surface area contributed by atoms with Crippen LogP contribution < -0.4 is 0 Å². The van der Waals surface area contributed by atoms with Crippen molar-refractivity contribution in [2.75, 3.05) is 0 Å². The summed E-state index contributed by atoms with van der Waals surface area (Å²) in [4.78, 5) is 10.7. The highest BCUT2D eigenvalue weighted by Crippen LogP contribution is 2.46. The summed E-state index contributed by atoms with van der Waals surface area (Å²) < 4.78 is 0. The van der Waals surface area contributed by atoms with Gasteiger partial charge in [0.15, 0.2) is 0 Å². The van der Waals surface area contributed by atoms with Crippen LogP contribution in [0.2, 0.25) is 0 Å². The smallest absolute Gasteiger partial charge is 0.0972 e. The lowest BCUT2D eigenvalue weighted by Gasteiger charge is -2.19. The molecule has 0 amide bonds. The third kappa shape index (κ3) is 5.12. The lowest BCUT2D eigenvalue weighted by atomic mass is 9.84. The van der Waals surface area contributed by atoms with Crippen molar-refractivity contribution in [3.05, 3.63) is 206 Å². The van der Waals surface area contributed by atoms with E-state index in [-0.39, 0.29) is 0 Å². The first kappa shape index (κ1) is 32.6. The van der Waals surface area contributed by atoms with Gasteiger partial charge in [-0.25, -0.2) is 9.97 Å². The Kier molecular flexibility index (Phi) is 7.26. The van der Waals surface area contributed by atoms with E-state index in [2.05, 4.69) is 206 Å². The van der Waals surface area contributed by atoms with Gasteiger partial charge in [0.2, 0.25) is 0 Å². The van der Waals surface area contributed by atoms with E-state index in [9.17, 15) is 0 Å². The molecule has 0 aliphatic heterocycles. The highest BCUT2D eigenvalue weighted by atomic mass is 14.8. The highest BCUT2D eigenvalue weighted by Gasteiger charge is 2.19. The third-order valence-electron chi connectivity index (χ3n) is 12.0. The molecule has 10 aromatic carbocycles. The van der Waals surface area contributed by atoms with E-state index in [1.54, 1.807) is 0 Å². The SMILES string of the molecule is c1cc(-c2ccc3c(-c4ccc5ccccc5c4)c4ccccc4c(-c4ccc5ccccc5c4)c3c2)nc(-c2nc3ccccc3c3c2ccc2ccccc23)c1. The molecule has 58 heavy (non-hydrogen) atoms. The van der Waals surface area contributed by atoms with Gasteiger partial charge in [-0.1, -0.05) is 170 Å². The zero-order chi connectivity index (χ0) is 38.2. The summed E-state index contributed by atoms with van der Waals surface area (Å²) in [5, 5.41) is 15.7. The number of rotatable bonds is 4. The molecule has 0 radical (unpaired) electrons. The Bertz CT molecular complexity index is 3620. The number of hydrogen-bond donors (Lipinski definition) is 0. The van der Waals surface area contributed by atoms with Crippen LogP contribution in [0.3, 0.4) is 0 Å². The summed E-state index contributed by atoms with van der Waals surface area (Å²) >= 11 is 0. The first-order valence-corrected chi connectivity index (χ1v) is 19.9. The molecule has 0 unspecified atom stereocenters. The summed E-state index contributed by atoms with van der Waals surface area (Å²) in [5.41, 5.74) is 9.56. The Balaban J connectivity index is 1.12. The number of pyridine rings is 2. The second-order valence-electron chi connectivity index (χ2n) is 15.3. The normalized spacial score (nSPS) is 11.8. The molecule has 0 atom stereocenters. The Morgan fingerprint density at radius 1 is 0.259 bits per heavy atom. The molecule has 268 valence electrons. The summed E-state index contributed by atoms with van der Waals surface area (Å²) in [7, 11) is 0. The number of para-hydroxylation sites is 1. The van der Waals surface area contributed by atoms with Crippen LogP contribution in [0.5, 0.6) is 0 Å². The van der Waals surface area contributed by atoms with Gasteiger partial charge in [0.25, 0.3) is 0 Å². The molecule has 12 rings (SSSR count). The van der Waals surface area contributed by atoms with Crippen LogP contribution in [0.4, 0.5) is 0 Å². The number of fused-ring (bicyclic) bond motifs is 9. The van der Waals surface area contributed by atoms with E-state index in [0.29, 0.717) is 0 Å². The quantitative estimate of drug-likeness (QED) is 0.133. The van der Waals surface area contributed by atoms with E-state index in [4.69, 9.17) is 9.97 Å². The molecule has 0 aliphatic rings. The van der Waals surface area contributed by atoms with Crippen LogP contribution in [0.15, 0.2) is 206 Å². The lowest BCUT2D eigenvalue weighted by Crippen LogP contribution is -1.95. The molecular weight excluding hydrogens is 701 g/mol. The molecule has 0 spiro atoms. The fourth-order valence-electron chi connectivity index (χ4n) is 9.29. The van der Waals surface area contributed by atoms with E-state index in [0.717, 1.165) is 38.9 Å². The second-order valence-corrected chi connectivity index (χ2v) is 15.3. The van der Waals surface area contributed by atoms with Gasteiger partial charge in [0, 0.05) is 21.7 Å². The number of aromatic nitrogens is 2. The van der Waals surface area contributed by atoms with Gasteiger partial charge in [-0.2, -0.15) is 0 Å². The molecule has 2 heteroatoms. The first-order valence-electron chi connectivity index (χ1n) is 19.9. The minimum atomic E-state index is 0.855. The average molecular weight is 735 g/mol. The number of nitrogens with zero attached hydrogens (tertiary/aromatic N) is 2. The molecule has 0 saturated carbocycles. The molecule has 0 aliphatic carbocycles. The van der Waals surface area contributed by atoms with Gasteiger partial charge >= 0.3 is 0 Å². The molecular formula is C56H34N2. The maximum absolute atomic E-state index is 5.41. The van der Waals surface area contributed by atoms with Crippen molar-refractivity contribution in [3.8, 4) is 44.9 Å². The molecule has 0 fully saturated rings. The van der Waals surface area contributed by atoms with Crippen molar-refractivity contribution in [1.82, 2.24) is 9.97 Å². The van der Waals surface area contributed by atoms with Crippen LogP contribution in [0.1, 0.15) is 0 Å². The van der Waals surface area contributed by atoms with Gasteiger partial charge in [0.05, 0.1) is 22.6 Å². The van der Waals surface area contributed by atoms with E-state index in [1.807, 2.05) is 0 Å². The minimum Gasteiger partial charge on any atom is -0.246 e. The Morgan fingerprint density at radius 3 is 1.47 bits per heavy atom. The van der Waals surface area contributed by atoms with Crippen molar-refractivity contribution in [2.45, 2.75) is 0 Å². The van der Waals surface area contributed by atoms with Gasteiger partial charge < -0.3 is 0 Å². The minimum absolute atomic E-state index is 0.855. The Morgan fingerprint density at radius 2 is 0.759 bits per heavy atom. The van der Waals surface area contributed by atoms with Crippen LogP contribution in [0.25, 0.3) is 120 Å². The van der Waals surface area contributed by atoms with Crippen molar-refractivity contribution in [3.63, 3.8) is 0 Å². The monoisotopic (exact) mass is 734 g/mol. The van der Waals surface area contributed by atoms with Gasteiger partial charge in [-0.3, -0.25) is 0 Å². The number of benzene rings is 10. The van der Waals surface area contributed by atoms with E-state index < -0.39 is 0 Å². The summed E-state index contributed by atoms with van der Waals surface area (Å²) in [6, 6.07) is 74.7. The van der Waals surface area contributed by atoms with Crippen LogP contribution in [-0.4, -0.2) is 9.97 Å². The van der Waals surface area contributed by atoms with E-state index in [1.165, 1.54) is 81.5 Å². The predicted molar refractivity (Wildman–Crippen MR) is 246 cm³/mol. The van der Waals surface area contributed by atoms with Gasteiger partial charge in [-0.05, 0) is 113 Å². The molecule has 0 bridgehead atoms. The fraction of sp³-hybridized carbons (Fsp3) is 0. The van der Waals surface area contributed by atoms with Crippen LogP contribution in [-0.2, 0) is 0 Å². The molecule has 2 heterocycles. The zero-order valence-corrected chi connectivity index (χ0v) is 31.5. The molecule has 0 N–H and O–H groups in total. The van der Waals surface area contributed by atoms with Crippen molar-refractivity contribution in [1.29, 1.82) is 0 Å². The van der Waals surface area contributed by atoms with Gasteiger partial charge in [0.1, 0.15) is 0 Å². The average Bonchev–Trinajstić information content (AvgIpc) is 3.29. The standard InChI is InChI=1S/C56H34N2/c1-3-15-38-32-41(26-24-35(38)12-1)53-44-18-7-8-19-45(44)54(42-27-25-36-13-2-4-16-39(36)33-42)49-34-40(29-30-46(49)53)50-22-11-23-52(57-50)56-48-31-28-37-14-5-6-17-43(37)55(48)47-20-9-10-21-51(47)58-56/h1-34H. The topological polar surface area (TPSA) is 25.8 Å². The predicted octanol–water partition coefficient (Wildman–Crippen LogP) is 15.2. The van der Waals surface area contributed by atoms with Crippen LogP contribution in [0, 0.1) is 0 Å². The zero-order valence-electron chi connectivity index (χ0n) is 31.5. The summed E-state index contributed by atoms with van der Waals surface area (Å²) in [6.45, 7) is 0. The Hall–Kier alpha value is -7.68. The first-order chi connectivity index (χ1) is 28.7. The maximum atomic E-state index is 5.41. The van der Waals surface area contributed by atoms with E-state index >= 15 is 0 Å². The summed E-state index contributed by atoms with van der Waals surface area (Å²) in [5.74, 6) is 0. The lowest BCUT2D eigenvalue weighted by molar-refractivity contribution is 1.29. The molecule has 2 nitrogen and oxygen atoms in total. The van der Waals surface area contributed by atoms with Crippen molar-refractivity contribution >= 4 is 75.5 Å². The largest absolute Gasteiger partial charge is 0.246 e. The molecule has 2 aromatic heterocycles. The third-order valence-corrected chi connectivity index (χ3v) is 12.0. The number of hydrogen-bond acceptors (Lipinski definition) is 2. The van der Waals surface area contributed by atoms with Crippen molar-refractivity contribution < 1.29 is 0 Å². The summed E-state index contributed by atoms with van der Waals surface area (Å²) in [6.07, 6.45) is 0. The fourth-order valence-corrected chi connectivity index (χ4v) is 9.29. The maximum Gasteiger partial charge on any atom is 0.0972 e. The molecule has 12 aromatic rings. The molecule has 0 saturated heterocycles.